The molecule has 4 nitrogen and oxygen atoms in total. The molecule has 144 valence electrons. The van der Waals surface area contributed by atoms with Crippen molar-refractivity contribution >= 4 is 23.6 Å². The Morgan fingerprint density at radius 2 is 1.89 bits per heavy atom. The van der Waals surface area contributed by atoms with Crippen molar-refractivity contribution in [3.63, 3.8) is 0 Å². The van der Waals surface area contributed by atoms with E-state index >= 15 is 0 Å². The fraction of sp³-hybridized carbons (Fsp3) is 0.333. The second kappa shape index (κ2) is 7.95. The molecule has 0 aliphatic heterocycles. The molecule has 0 amide bonds. The number of nitrogens with one attached hydrogen (secondary N) is 1. The molecule has 0 saturated heterocycles. The topological polar surface area (TPSA) is 27.2 Å². The molecule has 0 radical (unpaired) electrons. The number of thiophene rings is 1. The quantitative estimate of drug-likeness (QED) is 0.628. The Labute approximate surface area is 164 Å². The highest BCUT2D eigenvalue weighted by molar-refractivity contribution is 7.71. The van der Waals surface area contributed by atoms with Crippen LogP contribution in [0.25, 0.3) is 0 Å². The smallest absolute Gasteiger partial charge is 0.315 e. The van der Waals surface area contributed by atoms with Gasteiger partial charge in [0.25, 0.3) is 0 Å². The van der Waals surface area contributed by atoms with Crippen LogP contribution in [0.3, 0.4) is 0 Å². The Bertz CT molecular complexity index is 941. The Hall–Kier alpha value is -1.97. The maximum absolute atomic E-state index is 12.7. The van der Waals surface area contributed by atoms with Gasteiger partial charge < -0.3 is 9.47 Å². The minimum absolute atomic E-state index is 0.540. The number of alkyl halides is 3. The third kappa shape index (κ3) is 4.85. The summed E-state index contributed by atoms with van der Waals surface area (Å²) in [6, 6.07) is 9.35. The van der Waals surface area contributed by atoms with Crippen molar-refractivity contribution in [2.24, 2.45) is 7.05 Å². The first-order valence-electron chi connectivity index (χ1n) is 8.36. The molecule has 9 heteroatoms. The van der Waals surface area contributed by atoms with Gasteiger partial charge in [-0.25, -0.2) is 0 Å². The van der Waals surface area contributed by atoms with Gasteiger partial charge in [-0.3, -0.25) is 0 Å². The van der Waals surface area contributed by atoms with Crippen molar-refractivity contribution < 1.29 is 18.1 Å². The van der Waals surface area contributed by atoms with Crippen molar-refractivity contribution in [2.75, 3.05) is 7.05 Å². The molecule has 1 unspecified atom stereocenters. The summed E-state index contributed by atoms with van der Waals surface area (Å²) in [4.78, 5) is 2.29. The molecule has 0 aliphatic rings. The van der Waals surface area contributed by atoms with Crippen LogP contribution in [-0.2, 0) is 32.9 Å². The van der Waals surface area contributed by atoms with Crippen molar-refractivity contribution in [1.29, 1.82) is 0 Å². The second-order valence-corrected chi connectivity index (χ2v) is 7.90. The van der Waals surface area contributed by atoms with Crippen molar-refractivity contribution in [1.82, 2.24) is 14.3 Å². The lowest BCUT2D eigenvalue weighted by Crippen LogP contribution is -3.07. The highest BCUT2D eigenvalue weighted by Gasteiger charge is 2.30. The minimum Gasteiger partial charge on any atom is -0.315 e. The Balaban J connectivity index is 1.67. The van der Waals surface area contributed by atoms with Crippen molar-refractivity contribution in [3.8, 4) is 0 Å². The van der Waals surface area contributed by atoms with Gasteiger partial charge in [0.1, 0.15) is 12.4 Å². The van der Waals surface area contributed by atoms with Gasteiger partial charge in [-0.1, -0.05) is 18.2 Å². The van der Waals surface area contributed by atoms with Gasteiger partial charge in [-0.05, 0) is 35.8 Å². The van der Waals surface area contributed by atoms with Crippen LogP contribution in [0.1, 0.15) is 21.8 Å². The zero-order valence-corrected chi connectivity index (χ0v) is 16.6. The predicted octanol–water partition coefficient (Wildman–Crippen LogP) is 3.29. The summed E-state index contributed by atoms with van der Waals surface area (Å²) in [6.07, 6.45) is -3.58. The predicted molar refractivity (Wildman–Crippen MR) is 101 cm³/mol. The second-order valence-electron chi connectivity index (χ2n) is 6.50. The van der Waals surface area contributed by atoms with E-state index in [-0.39, 0.29) is 0 Å². The number of aromatic nitrogens is 3. The molecule has 0 spiro atoms. The normalized spacial score (nSPS) is 13.1. The van der Waals surface area contributed by atoms with Crippen LogP contribution in [0, 0.1) is 4.77 Å². The van der Waals surface area contributed by atoms with E-state index in [0.29, 0.717) is 18.0 Å². The molecule has 27 heavy (non-hydrogen) atoms. The van der Waals surface area contributed by atoms with Gasteiger partial charge >= 0.3 is 6.18 Å². The van der Waals surface area contributed by atoms with E-state index in [9.17, 15) is 13.2 Å². The number of hydrogen-bond donors (Lipinski definition) is 1. The number of quaternary nitrogens is 1. The summed E-state index contributed by atoms with van der Waals surface area (Å²) < 4.78 is 42.3. The summed E-state index contributed by atoms with van der Waals surface area (Å²) in [6.45, 7) is 1.12. The van der Waals surface area contributed by atoms with Crippen LogP contribution in [0.5, 0.6) is 0 Å². The van der Waals surface area contributed by atoms with Crippen molar-refractivity contribution in [2.45, 2.75) is 25.8 Å². The van der Waals surface area contributed by atoms with Gasteiger partial charge in [-0.2, -0.15) is 23.0 Å². The molecule has 1 aromatic carbocycles. The highest BCUT2D eigenvalue weighted by Crippen LogP contribution is 2.28. The van der Waals surface area contributed by atoms with Crippen LogP contribution >= 0.6 is 23.6 Å². The summed E-state index contributed by atoms with van der Waals surface area (Å²) >= 11 is 7.16. The van der Waals surface area contributed by atoms with Gasteiger partial charge in [0.15, 0.2) is 6.67 Å². The first kappa shape index (κ1) is 19.8. The zero-order valence-electron chi connectivity index (χ0n) is 15.0. The van der Waals surface area contributed by atoms with E-state index in [1.165, 1.54) is 17.0 Å². The Kier molecular flexibility index (Phi) is 5.83. The molecule has 1 atom stereocenters. The SMILES string of the molecule is Cn1c(Cc2cccs2)nn(C[NH+](C)Cc2ccc(C(F)(F)F)cc2)c1=S. The molecule has 0 saturated carbocycles. The largest absolute Gasteiger partial charge is 0.416 e. The van der Waals surface area contributed by atoms with Crippen LogP contribution in [0.15, 0.2) is 41.8 Å². The van der Waals surface area contributed by atoms with Crippen molar-refractivity contribution in [3.05, 3.63) is 68.4 Å². The maximum atomic E-state index is 12.7. The van der Waals surface area contributed by atoms with Gasteiger partial charge in [-0.15, -0.1) is 11.3 Å². The Morgan fingerprint density at radius 3 is 2.48 bits per heavy atom. The summed E-state index contributed by atoms with van der Waals surface area (Å²) in [5.74, 6) is 0.893. The molecule has 0 fully saturated rings. The van der Waals surface area contributed by atoms with Gasteiger partial charge in [0, 0.05) is 23.9 Å². The molecular weight excluding hydrogens is 393 g/mol. The number of halogens is 3. The summed E-state index contributed by atoms with van der Waals surface area (Å²) in [5.41, 5.74) is 0.204. The molecule has 3 aromatic rings. The van der Waals surface area contributed by atoms with E-state index in [1.54, 1.807) is 16.0 Å². The fourth-order valence-corrected chi connectivity index (χ4v) is 3.74. The third-order valence-electron chi connectivity index (χ3n) is 4.25. The fourth-order valence-electron chi connectivity index (χ4n) is 2.83. The lowest BCUT2D eigenvalue weighted by Gasteiger charge is -2.14. The Morgan fingerprint density at radius 1 is 1.19 bits per heavy atom. The van der Waals surface area contributed by atoms with Crippen LogP contribution in [-0.4, -0.2) is 21.4 Å². The lowest BCUT2D eigenvalue weighted by atomic mass is 10.1. The standard InChI is InChI=1S/C18H19F3N4S2/c1-23(11-13-5-7-14(8-6-13)18(19,20)21)12-25-17(26)24(2)16(22-25)10-15-4-3-9-27-15/h3-9H,10-12H2,1-2H3/p+1. The highest BCUT2D eigenvalue weighted by atomic mass is 32.1. The minimum atomic E-state index is -4.31. The maximum Gasteiger partial charge on any atom is 0.416 e. The van der Waals surface area contributed by atoms with E-state index < -0.39 is 11.7 Å². The first-order valence-corrected chi connectivity index (χ1v) is 9.65. The van der Waals surface area contributed by atoms with Gasteiger partial charge in [0.05, 0.1) is 12.6 Å². The van der Waals surface area contributed by atoms with E-state index in [4.69, 9.17) is 12.2 Å². The summed E-state index contributed by atoms with van der Waals surface area (Å²) in [7, 11) is 3.87. The van der Waals surface area contributed by atoms with E-state index in [0.717, 1.165) is 34.8 Å². The van der Waals surface area contributed by atoms with Crippen LogP contribution in [0.2, 0.25) is 0 Å². The van der Waals surface area contributed by atoms with Gasteiger partial charge in [0.2, 0.25) is 4.77 Å². The lowest BCUT2D eigenvalue weighted by molar-refractivity contribution is -0.917. The molecule has 0 aliphatic carbocycles. The molecule has 2 heterocycles. The molecule has 2 aromatic heterocycles. The average molecular weight is 414 g/mol. The average Bonchev–Trinajstić information content (AvgIpc) is 3.19. The monoisotopic (exact) mass is 413 g/mol. The molecule has 0 bridgehead atoms. The number of benzene rings is 1. The molecular formula is C18H20F3N4S2+. The molecule has 1 N–H and O–H groups in total. The number of rotatable bonds is 6. The first-order chi connectivity index (χ1) is 12.7. The number of hydrogen-bond acceptors (Lipinski definition) is 3. The number of nitrogens with zero attached hydrogens (tertiary/aromatic N) is 3. The van der Waals surface area contributed by atoms with Crippen LogP contribution < -0.4 is 4.90 Å². The summed E-state index contributed by atoms with van der Waals surface area (Å²) in [5, 5.41) is 6.66. The third-order valence-corrected chi connectivity index (χ3v) is 5.61. The van der Waals surface area contributed by atoms with E-state index in [2.05, 4.69) is 11.2 Å². The van der Waals surface area contributed by atoms with E-state index in [1.807, 2.05) is 30.1 Å². The zero-order chi connectivity index (χ0) is 19.6. The van der Waals surface area contributed by atoms with Crippen LogP contribution in [0.4, 0.5) is 13.2 Å². The molecule has 3 rings (SSSR count).